The number of carbonyl (C=O) groups is 1. The summed E-state index contributed by atoms with van der Waals surface area (Å²) in [6.07, 6.45) is -15.7. The molecular formula is C36H36O19. The molecule has 1 aromatic heterocycles. The maximum absolute atomic E-state index is 13.9. The van der Waals surface area contributed by atoms with Gasteiger partial charge >= 0.3 is 5.97 Å². The molecule has 19 heteroatoms. The Balaban J connectivity index is 1.28. The van der Waals surface area contributed by atoms with Crippen LogP contribution in [0.1, 0.15) is 12.5 Å². The molecule has 2 saturated heterocycles. The van der Waals surface area contributed by atoms with Crippen LogP contribution in [0.5, 0.6) is 40.2 Å². The number of carbonyl (C=O) groups excluding carboxylic acids is 1. The van der Waals surface area contributed by atoms with Gasteiger partial charge < -0.3 is 84.3 Å². The highest BCUT2D eigenvalue weighted by Gasteiger charge is 2.51. The molecule has 3 heterocycles. The summed E-state index contributed by atoms with van der Waals surface area (Å²) in [5.41, 5.74) is -1.12. The maximum Gasteiger partial charge on any atom is 0.330 e. The van der Waals surface area contributed by atoms with Crippen LogP contribution >= 0.6 is 0 Å². The van der Waals surface area contributed by atoms with Gasteiger partial charge in [0, 0.05) is 23.8 Å². The van der Waals surface area contributed by atoms with Crippen molar-refractivity contribution in [1.82, 2.24) is 0 Å². The molecule has 2 aliphatic rings. The monoisotopic (exact) mass is 772 g/mol. The van der Waals surface area contributed by atoms with Crippen LogP contribution in [-0.4, -0.2) is 130 Å². The number of aliphatic hydroxyl groups is 5. The second kappa shape index (κ2) is 15.6. The van der Waals surface area contributed by atoms with E-state index in [1.54, 1.807) is 0 Å². The number of phenolic OH excluding ortho intramolecular Hbond substituents is 6. The average molecular weight is 773 g/mol. The van der Waals surface area contributed by atoms with Gasteiger partial charge in [-0.1, -0.05) is 6.07 Å². The molecule has 0 bridgehead atoms. The van der Waals surface area contributed by atoms with Crippen molar-refractivity contribution in [1.29, 1.82) is 0 Å². The summed E-state index contributed by atoms with van der Waals surface area (Å²) in [7, 11) is 0. The molecule has 55 heavy (non-hydrogen) atoms. The average Bonchev–Trinajstić information content (AvgIpc) is 3.14. The van der Waals surface area contributed by atoms with Crippen LogP contribution < -0.4 is 10.2 Å². The molecule has 0 amide bonds. The molecule has 0 unspecified atom stereocenters. The lowest BCUT2D eigenvalue weighted by atomic mass is 9.97. The van der Waals surface area contributed by atoms with Gasteiger partial charge in [0.25, 0.3) is 0 Å². The summed E-state index contributed by atoms with van der Waals surface area (Å²) in [6.45, 7) is 0.629. The fraction of sp³-hybridized carbons (Fsp3) is 0.333. The van der Waals surface area contributed by atoms with E-state index in [2.05, 4.69) is 0 Å². The van der Waals surface area contributed by atoms with Crippen LogP contribution in [0.3, 0.4) is 0 Å². The van der Waals surface area contributed by atoms with Gasteiger partial charge in [-0.2, -0.15) is 0 Å². The molecule has 6 rings (SSSR count). The number of phenols is 6. The molecule has 294 valence electrons. The Bertz CT molecular complexity index is 2150. The fourth-order valence-corrected chi connectivity index (χ4v) is 5.93. The quantitative estimate of drug-likeness (QED) is 0.0605. The first kappa shape index (κ1) is 39.1. The van der Waals surface area contributed by atoms with Gasteiger partial charge in [-0.05, 0) is 48.9 Å². The number of aliphatic hydroxyl groups excluding tert-OH is 5. The fourth-order valence-electron chi connectivity index (χ4n) is 5.93. The van der Waals surface area contributed by atoms with Crippen LogP contribution in [0, 0.1) is 0 Å². The molecule has 0 saturated carbocycles. The summed E-state index contributed by atoms with van der Waals surface area (Å²) >= 11 is 0. The van der Waals surface area contributed by atoms with E-state index in [-0.39, 0.29) is 16.9 Å². The van der Waals surface area contributed by atoms with Crippen LogP contribution in [0.4, 0.5) is 0 Å². The molecule has 3 aromatic carbocycles. The van der Waals surface area contributed by atoms with Crippen molar-refractivity contribution < 1.29 is 89.1 Å². The third kappa shape index (κ3) is 7.95. The summed E-state index contributed by atoms with van der Waals surface area (Å²) < 4.78 is 34.1. The lowest BCUT2D eigenvalue weighted by Crippen LogP contribution is -2.64. The van der Waals surface area contributed by atoms with E-state index in [1.165, 1.54) is 37.3 Å². The zero-order valence-corrected chi connectivity index (χ0v) is 28.4. The Morgan fingerprint density at radius 3 is 2.13 bits per heavy atom. The van der Waals surface area contributed by atoms with Crippen molar-refractivity contribution in [3.05, 3.63) is 70.4 Å². The molecule has 11 N–H and O–H groups in total. The topological polar surface area (TPSA) is 316 Å². The van der Waals surface area contributed by atoms with Crippen LogP contribution in [0.2, 0.25) is 0 Å². The van der Waals surface area contributed by atoms with Crippen molar-refractivity contribution in [3.8, 4) is 51.6 Å². The van der Waals surface area contributed by atoms with Crippen molar-refractivity contribution in [2.24, 2.45) is 0 Å². The number of hydrogen-bond acceptors (Lipinski definition) is 19. The van der Waals surface area contributed by atoms with Crippen molar-refractivity contribution in [2.45, 2.75) is 68.3 Å². The van der Waals surface area contributed by atoms with Gasteiger partial charge in [-0.25, -0.2) is 4.79 Å². The third-order valence-corrected chi connectivity index (χ3v) is 8.93. The molecule has 0 radical (unpaired) electrons. The van der Waals surface area contributed by atoms with Crippen LogP contribution in [0.25, 0.3) is 28.4 Å². The summed E-state index contributed by atoms with van der Waals surface area (Å²) in [6, 6.07) is 8.93. The zero-order chi connectivity index (χ0) is 39.9. The van der Waals surface area contributed by atoms with E-state index >= 15 is 0 Å². The second-order valence-corrected chi connectivity index (χ2v) is 12.8. The highest BCUT2D eigenvalue weighted by atomic mass is 16.8. The number of aromatic hydroxyl groups is 6. The largest absolute Gasteiger partial charge is 0.508 e. The van der Waals surface area contributed by atoms with E-state index in [9.17, 15) is 65.8 Å². The van der Waals surface area contributed by atoms with Crippen molar-refractivity contribution in [3.63, 3.8) is 0 Å². The van der Waals surface area contributed by atoms with Gasteiger partial charge in [0.05, 0.1) is 6.10 Å². The first-order chi connectivity index (χ1) is 26.0. The third-order valence-electron chi connectivity index (χ3n) is 8.93. The Morgan fingerprint density at radius 1 is 0.745 bits per heavy atom. The minimum absolute atomic E-state index is 0.0642. The Hall–Kier alpha value is -5.64. The van der Waals surface area contributed by atoms with Gasteiger partial charge in [0.15, 0.2) is 41.2 Å². The van der Waals surface area contributed by atoms with Crippen molar-refractivity contribution in [2.75, 3.05) is 6.61 Å². The highest BCUT2D eigenvalue weighted by Crippen LogP contribution is 2.40. The number of rotatable bonds is 9. The van der Waals surface area contributed by atoms with E-state index in [0.717, 1.165) is 30.3 Å². The first-order valence-corrected chi connectivity index (χ1v) is 16.5. The normalized spacial score (nSPS) is 28.3. The predicted octanol–water partition coefficient (Wildman–Crippen LogP) is -0.0116. The van der Waals surface area contributed by atoms with Crippen molar-refractivity contribution >= 4 is 23.0 Å². The molecule has 0 spiro atoms. The second-order valence-electron chi connectivity index (χ2n) is 12.8. The van der Waals surface area contributed by atoms with E-state index < -0.39 is 125 Å². The van der Waals surface area contributed by atoms with Gasteiger partial charge in [-0.3, -0.25) is 4.79 Å². The lowest BCUT2D eigenvalue weighted by molar-refractivity contribution is -0.355. The molecule has 10 atom stereocenters. The number of fused-ring (bicyclic) bond motifs is 1. The minimum atomic E-state index is -2.03. The summed E-state index contributed by atoms with van der Waals surface area (Å²) in [5.74, 6) is -5.28. The molecule has 19 nitrogen and oxygen atoms in total. The molecular weight excluding hydrogens is 736 g/mol. The number of benzene rings is 3. The molecule has 4 aromatic rings. The molecule has 0 aliphatic carbocycles. The minimum Gasteiger partial charge on any atom is -0.508 e. The number of ether oxygens (including phenoxy) is 5. The van der Waals surface area contributed by atoms with Crippen LogP contribution in [-0.2, 0) is 23.7 Å². The molecule has 2 aliphatic heterocycles. The standard InChI is InChI=1S/C36H36O19/c1-13-26(44)30(48)34(55-35-31(49)29(47)27(45)23(53-35)12-50-24(43)7-3-14-2-5-17(38)19(40)8-14)36(51-13)54-33-28(46)25-21(42)10-16(37)11-22(25)52-32(33)15-4-6-18(39)20(41)9-15/h2-11,13,23,26-27,29-31,34-42,44-45,47-49H,12H2,1H3/b7-3+/t13-,23+,26-,27+,29-,30+,31+,34+,35-,36-/m0/s1. The van der Waals surface area contributed by atoms with E-state index in [4.69, 9.17) is 28.1 Å². The Labute approximate surface area is 308 Å². The zero-order valence-electron chi connectivity index (χ0n) is 28.4. The number of esters is 1. The van der Waals surface area contributed by atoms with E-state index in [0.29, 0.717) is 5.56 Å². The van der Waals surface area contributed by atoms with Gasteiger partial charge in [-0.15, -0.1) is 0 Å². The smallest absolute Gasteiger partial charge is 0.330 e. The summed E-state index contributed by atoms with van der Waals surface area (Å²) in [4.78, 5) is 26.3. The van der Waals surface area contributed by atoms with Crippen LogP contribution in [0.15, 0.2) is 63.8 Å². The lowest BCUT2D eigenvalue weighted by Gasteiger charge is -2.45. The van der Waals surface area contributed by atoms with Gasteiger partial charge in [0.1, 0.15) is 65.7 Å². The van der Waals surface area contributed by atoms with E-state index in [1.807, 2.05) is 0 Å². The van der Waals surface area contributed by atoms with Gasteiger partial charge in [0.2, 0.25) is 17.5 Å². The SMILES string of the molecule is C[C@@H]1O[C@@H](Oc2c(-c3ccc(O)c(O)c3)oc3cc(O)cc(O)c3c2=O)[C@H](O[C@@H]2O[C@H](COC(=O)/C=C/c3ccc(O)c(O)c3)[C@@H](O)[C@H](O)[C@H]2O)[C@H](O)[C@H]1O. The maximum atomic E-state index is 13.9. The highest BCUT2D eigenvalue weighted by molar-refractivity contribution is 5.88. The first-order valence-electron chi connectivity index (χ1n) is 16.5. The predicted molar refractivity (Wildman–Crippen MR) is 183 cm³/mol. The Kier molecular flexibility index (Phi) is 11.1. The Morgan fingerprint density at radius 2 is 1.44 bits per heavy atom. The number of hydrogen-bond donors (Lipinski definition) is 11. The molecule has 2 fully saturated rings. The summed E-state index contributed by atoms with van der Waals surface area (Å²) in [5, 5.41) is 113.